The number of hydrogen-bond donors (Lipinski definition) is 1. The van der Waals surface area contributed by atoms with E-state index in [0.717, 1.165) is 18.7 Å². The van der Waals surface area contributed by atoms with Gasteiger partial charge >= 0.3 is 5.97 Å². The first-order chi connectivity index (χ1) is 8.09. The second-order valence-electron chi connectivity index (χ2n) is 4.85. The molecule has 0 radical (unpaired) electrons. The van der Waals surface area contributed by atoms with Gasteiger partial charge in [0, 0.05) is 19.3 Å². The van der Waals surface area contributed by atoms with Gasteiger partial charge in [-0.3, -0.25) is 4.90 Å². The van der Waals surface area contributed by atoms with Crippen molar-refractivity contribution in [1.29, 1.82) is 0 Å². The molecule has 0 amide bonds. The molecule has 1 aromatic rings. The van der Waals surface area contributed by atoms with E-state index in [0.29, 0.717) is 11.7 Å². The van der Waals surface area contributed by atoms with E-state index in [1.54, 1.807) is 17.7 Å². The smallest absolute Gasteiger partial charge is 0.352 e. The first-order valence-electron chi connectivity index (χ1n) is 6.23. The van der Waals surface area contributed by atoms with E-state index in [9.17, 15) is 4.79 Å². The third kappa shape index (κ3) is 2.52. The molecule has 1 N–H and O–H groups in total. The lowest BCUT2D eigenvalue weighted by Gasteiger charge is -2.31. The third-order valence-electron chi connectivity index (χ3n) is 3.67. The monoisotopic (exact) mass is 236 g/mol. The van der Waals surface area contributed by atoms with Crippen molar-refractivity contribution in [3.63, 3.8) is 0 Å². The maximum Gasteiger partial charge on any atom is 0.352 e. The molecule has 1 aliphatic heterocycles. The Morgan fingerprint density at radius 2 is 2.00 bits per heavy atom. The van der Waals surface area contributed by atoms with Gasteiger partial charge in [0.05, 0.1) is 0 Å². The van der Waals surface area contributed by atoms with Crippen LogP contribution in [0, 0.1) is 0 Å². The minimum atomic E-state index is -0.857. The van der Waals surface area contributed by atoms with Gasteiger partial charge in [-0.1, -0.05) is 6.42 Å². The summed E-state index contributed by atoms with van der Waals surface area (Å²) < 4.78 is 1.69. The Kier molecular flexibility index (Phi) is 3.52. The van der Waals surface area contributed by atoms with Crippen molar-refractivity contribution in [1.82, 2.24) is 9.47 Å². The fraction of sp³-hybridized carbons (Fsp3) is 0.615. The average Bonchev–Trinajstić information content (AvgIpc) is 2.71. The Morgan fingerprint density at radius 1 is 1.35 bits per heavy atom. The van der Waals surface area contributed by atoms with Gasteiger partial charge in [-0.2, -0.15) is 0 Å². The number of hydrogen-bond acceptors (Lipinski definition) is 2. The van der Waals surface area contributed by atoms with Crippen LogP contribution in [0.15, 0.2) is 12.3 Å². The quantitative estimate of drug-likeness (QED) is 0.875. The van der Waals surface area contributed by atoms with E-state index in [1.807, 2.05) is 6.20 Å². The summed E-state index contributed by atoms with van der Waals surface area (Å²) in [6.45, 7) is 4.41. The van der Waals surface area contributed by atoms with Crippen LogP contribution in [0.1, 0.15) is 48.3 Å². The van der Waals surface area contributed by atoms with E-state index >= 15 is 0 Å². The molecule has 0 spiro atoms. The zero-order chi connectivity index (χ0) is 12.4. The van der Waals surface area contributed by atoms with Gasteiger partial charge in [0.1, 0.15) is 5.69 Å². The molecule has 4 nitrogen and oxygen atoms in total. The molecule has 1 atom stereocenters. The average molecular weight is 236 g/mol. The van der Waals surface area contributed by atoms with E-state index in [4.69, 9.17) is 5.11 Å². The van der Waals surface area contributed by atoms with Gasteiger partial charge < -0.3 is 9.67 Å². The third-order valence-corrected chi connectivity index (χ3v) is 3.67. The Balaban J connectivity index is 2.15. The lowest BCUT2D eigenvalue weighted by molar-refractivity contribution is 0.0686. The molecule has 2 heterocycles. The molecule has 2 rings (SSSR count). The Morgan fingerprint density at radius 3 is 2.53 bits per heavy atom. The first-order valence-corrected chi connectivity index (χ1v) is 6.23. The Bertz CT molecular complexity index is 406. The lowest BCUT2D eigenvalue weighted by Crippen LogP contribution is -2.32. The number of aromatic carboxylic acids is 1. The molecule has 1 fully saturated rings. The summed E-state index contributed by atoms with van der Waals surface area (Å²) in [6.07, 6.45) is 5.76. The number of carboxylic acid groups (broad SMARTS) is 1. The lowest BCUT2D eigenvalue weighted by atomic mass is 10.1. The number of carboxylic acids is 1. The molecule has 0 aliphatic carbocycles. The molecule has 0 saturated carbocycles. The van der Waals surface area contributed by atoms with Crippen molar-refractivity contribution < 1.29 is 9.90 Å². The highest BCUT2D eigenvalue weighted by molar-refractivity contribution is 5.86. The van der Waals surface area contributed by atoms with E-state index < -0.39 is 5.97 Å². The predicted molar refractivity (Wildman–Crippen MR) is 66.2 cm³/mol. The van der Waals surface area contributed by atoms with Crippen LogP contribution in [0.3, 0.4) is 0 Å². The van der Waals surface area contributed by atoms with Gasteiger partial charge in [0.2, 0.25) is 0 Å². The zero-order valence-corrected chi connectivity index (χ0v) is 10.5. The number of likely N-dealkylation sites (tertiary alicyclic amines) is 1. The molecular formula is C13H20N2O2. The summed E-state index contributed by atoms with van der Waals surface area (Å²) in [5, 5.41) is 9.04. The summed E-state index contributed by atoms with van der Waals surface area (Å²) in [7, 11) is 1.79. The maximum atomic E-state index is 11.0. The first kappa shape index (κ1) is 12.2. The van der Waals surface area contributed by atoms with Crippen LogP contribution < -0.4 is 0 Å². The van der Waals surface area contributed by atoms with Gasteiger partial charge in [-0.15, -0.1) is 0 Å². The zero-order valence-electron chi connectivity index (χ0n) is 10.5. The van der Waals surface area contributed by atoms with E-state index in [2.05, 4.69) is 11.8 Å². The van der Waals surface area contributed by atoms with E-state index in [1.165, 1.54) is 19.3 Å². The van der Waals surface area contributed by atoms with Crippen LogP contribution in [0.25, 0.3) is 0 Å². The molecule has 1 aromatic heterocycles. The minimum Gasteiger partial charge on any atom is -0.477 e. The molecule has 1 unspecified atom stereocenters. The predicted octanol–water partition coefficient (Wildman–Crippen LogP) is 2.27. The summed E-state index contributed by atoms with van der Waals surface area (Å²) >= 11 is 0. The van der Waals surface area contributed by atoms with Crippen LogP contribution in [0.4, 0.5) is 0 Å². The number of rotatable bonds is 3. The summed E-state index contributed by atoms with van der Waals surface area (Å²) in [5.41, 5.74) is 1.47. The number of aromatic nitrogens is 1. The van der Waals surface area contributed by atoms with Crippen molar-refractivity contribution >= 4 is 5.97 Å². The van der Waals surface area contributed by atoms with Crippen LogP contribution in [0.5, 0.6) is 0 Å². The van der Waals surface area contributed by atoms with Crippen LogP contribution >= 0.6 is 0 Å². The second kappa shape index (κ2) is 4.92. The molecular weight excluding hydrogens is 216 g/mol. The van der Waals surface area contributed by atoms with Crippen molar-refractivity contribution in [3.05, 3.63) is 23.5 Å². The molecule has 94 valence electrons. The molecule has 1 saturated heterocycles. The second-order valence-corrected chi connectivity index (χ2v) is 4.85. The fourth-order valence-electron chi connectivity index (χ4n) is 2.55. The molecule has 0 bridgehead atoms. The number of aryl methyl sites for hydroxylation is 1. The number of carbonyl (C=O) groups is 1. The number of piperidine rings is 1. The SMILES string of the molecule is CC(c1cc(C(=O)O)n(C)c1)N1CCCCC1. The summed E-state index contributed by atoms with van der Waals surface area (Å²) in [6, 6.07) is 2.11. The normalized spacial score (nSPS) is 19.2. The van der Waals surface area contributed by atoms with Crippen molar-refractivity contribution in [2.45, 2.75) is 32.2 Å². The largest absolute Gasteiger partial charge is 0.477 e. The van der Waals surface area contributed by atoms with E-state index in [-0.39, 0.29) is 0 Å². The van der Waals surface area contributed by atoms with Gasteiger partial charge in [0.15, 0.2) is 0 Å². The molecule has 4 heteroatoms. The van der Waals surface area contributed by atoms with Crippen LogP contribution in [-0.2, 0) is 7.05 Å². The number of nitrogens with zero attached hydrogens (tertiary/aromatic N) is 2. The van der Waals surface area contributed by atoms with Crippen LogP contribution in [0.2, 0.25) is 0 Å². The fourth-order valence-corrected chi connectivity index (χ4v) is 2.55. The van der Waals surface area contributed by atoms with Crippen LogP contribution in [-0.4, -0.2) is 33.6 Å². The molecule has 17 heavy (non-hydrogen) atoms. The standard InChI is InChI=1S/C13H20N2O2/c1-10(15-6-4-3-5-7-15)11-8-12(13(16)17)14(2)9-11/h8-10H,3-7H2,1-2H3,(H,16,17). The summed E-state index contributed by atoms with van der Waals surface area (Å²) in [5.74, 6) is -0.857. The maximum absolute atomic E-state index is 11.0. The van der Waals surface area contributed by atoms with Gasteiger partial charge in [0.25, 0.3) is 0 Å². The highest BCUT2D eigenvalue weighted by Gasteiger charge is 2.21. The molecule has 0 aromatic carbocycles. The Labute approximate surface area is 102 Å². The van der Waals surface area contributed by atoms with Crippen molar-refractivity contribution in [2.24, 2.45) is 7.05 Å². The van der Waals surface area contributed by atoms with Crippen molar-refractivity contribution in [3.8, 4) is 0 Å². The van der Waals surface area contributed by atoms with Gasteiger partial charge in [-0.25, -0.2) is 4.79 Å². The Hall–Kier alpha value is -1.29. The van der Waals surface area contributed by atoms with Crippen molar-refractivity contribution in [2.75, 3.05) is 13.1 Å². The minimum absolute atomic E-state index is 0.314. The highest BCUT2D eigenvalue weighted by atomic mass is 16.4. The molecule has 1 aliphatic rings. The topological polar surface area (TPSA) is 45.5 Å². The summed E-state index contributed by atoms with van der Waals surface area (Å²) in [4.78, 5) is 13.4. The highest BCUT2D eigenvalue weighted by Crippen LogP contribution is 2.25. The van der Waals surface area contributed by atoms with Gasteiger partial charge in [-0.05, 0) is 44.5 Å².